The van der Waals surface area contributed by atoms with Gasteiger partial charge in [0.1, 0.15) is 22.6 Å². The van der Waals surface area contributed by atoms with Gasteiger partial charge in [-0.25, -0.2) is 0 Å². The monoisotopic (exact) mass is 476 g/mol. The Bertz CT molecular complexity index is 1210. The number of benzene rings is 2. The van der Waals surface area contributed by atoms with Crippen LogP contribution in [-0.4, -0.2) is 27.3 Å². The van der Waals surface area contributed by atoms with Gasteiger partial charge in [0.05, 0.1) is 25.1 Å². The van der Waals surface area contributed by atoms with Crippen molar-refractivity contribution in [2.75, 3.05) is 11.9 Å². The second kappa shape index (κ2) is 11.1. The van der Waals surface area contributed by atoms with Gasteiger partial charge < -0.3 is 14.5 Å². The summed E-state index contributed by atoms with van der Waals surface area (Å²) >= 11 is 1.37. The van der Waals surface area contributed by atoms with Crippen LogP contribution in [0.2, 0.25) is 0 Å². The van der Waals surface area contributed by atoms with Gasteiger partial charge >= 0.3 is 0 Å². The third-order valence-corrected chi connectivity index (χ3v) is 6.40. The van der Waals surface area contributed by atoms with E-state index < -0.39 is 5.25 Å². The number of carbonyl (C=O) groups is 1. The maximum Gasteiger partial charge on any atom is 0.242 e. The molecule has 0 aliphatic rings. The Morgan fingerprint density at radius 2 is 1.82 bits per heavy atom. The second-order valence-electron chi connectivity index (χ2n) is 7.99. The van der Waals surface area contributed by atoms with Crippen LogP contribution in [0.1, 0.15) is 49.1 Å². The standard InChI is InChI=1S/C26H28N4O3S/c1-4-32-22-15-9-8-14-21(22)27-25(31)23(19-11-6-5-7-12-19)34-26-29-28-24(18(2)3)30(26)17-20-13-10-16-33-20/h5-16,18,23H,4,17H2,1-3H3,(H,27,31). The number of aromatic nitrogens is 3. The first-order valence-corrected chi connectivity index (χ1v) is 12.1. The number of ether oxygens (including phenoxy) is 1. The first kappa shape index (κ1) is 23.6. The van der Waals surface area contributed by atoms with Crippen LogP contribution in [0.3, 0.4) is 0 Å². The molecule has 0 radical (unpaired) electrons. The molecule has 0 spiro atoms. The lowest BCUT2D eigenvalue weighted by molar-refractivity contribution is -0.115. The molecule has 0 aliphatic carbocycles. The summed E-state index contributed by atoms with van der Waals surface area (Å²) in [6, 6.07) is 20.9. The van der Waals surface area contributed by atoms with Crippen LogP contribution < -0.4 is 10.1 Å². The summed E-state index contributed by atoms with van der Waals surface area (Å²) in [5.41, 5.74) is 1.51. The van der Waals surface area contributed by atoms with Crippen molar-refractivity contribution in [3.63, 3.8) is 0 Å². The van der Waals surface area contributed by atoms with E-state index in [9.17, 15) is 4.79 Å². The SMILES string of the molecule is CCOc1ccccc1NC(=O)C(Sc1nnc(C(C)C)n1Cc1ccco1)c1ccccc1. The Hall–Kier alpha value is -3.52. The number of furan rings is 1. The molecule has 4 rings (SSSR count). The van der Waals surface area contributed by atoms with Crippen molar-refractivity contribution >= 4 is 23.4 Å². The molecule has 2 heterocycles. The van der Waals surface area contributed by atoms with E-state index in [0.717, 1.165) is 17.1 Å². The zero-order valence-electron chi connectivity index (χ0n) is 19.5. The predicted molar refractivity (Wildman–Crippen MR) is 133 cm³/mol. The van der Waals surface area contributed by atoms with Gasteiger partial charge in [-0.2, -0.15) is 0 Å². The molecule has 1 unspecified atom stereocenters. The van der Waals surface area contributed by atoms with Crippen molar-refractivity contribution in [2.24, 2.45) is 0 Å². The zero-order valence-corrected chi connectivity index (χ0v) is 20.3. The predicted octanol–water partition coefficient (Wildman–Crippen LogP) is 5.91. The Morgan fingerprint density at radius 1 is 1.06 bits per heavy atom. The molecule has 0 bridgehead atoms. The molecule has 2 aromatic heterocycles. The number of amides is 1. The smallest absolute Gasteiger partial charge is 0.242 e. The molecule has 176 valence electrons. The summed E-state index contributed by atoms with van der Waals surface area (Å²) in [7, 11) is 0. The molecule has 0 saturated heterocycles. The number of thioether (sulfide) groups is 1. The number of para-hydroxylation sites is 2. The first-order chi connectivity index (χ1) is 16.6. The summed E-state index contributed by atoms with van der Waals surface area (Å²) < 4.78 is 13.3. The molecule has 1 atom stereocenters. The fourth-order valence-electron chi connectivity index (χ4n) is 3.58. The molecule has 0 fully saturated rings. The summed E-state index contributed by atoms with van der Waals surface area (Å²) in [4.78, 5) is 13.6. The van der Waals surface area contributed by atoms with Gasteiger partial charge in [-0.3, -0.25) is 9.36 Å². The fourth-order valence-corrected chi connectivity index (χ4v) is 4.62. The molecule has 1 N–H and O–H groups in total. The van der Waals surface area contributed by atoms with Crippen LogP contribution in [0.15, 0.2) is 82.6 Å². The van der Waals surface area contributed by atoms with Crippen molar-refractivity contribution in [2.45, 2.75) is 43.6 Å². The minimum Gasteiger partial charge on any atom is -0.492 e. The summed E-state index contributed by atoms with van der Waals surface area (Å²) in [5.74, 6) is 2.28. The van der Waals surface area contributed by atoms with Crippen LogP contribution in [0, 0.1) is 0 Å². The quantitative estimate of drug-likeness (QED) is 0.286. The average molecular weight is 477 g/mol. The lowest BCUT2D eigenvalue weighted by atomic mass is 10.1. The highest BCUT2D eigenvalue weighted by Gasteiger charge is 2.27. The van der Waals surface area contributed by atoms with Crippen LogP contribution in [0.4, 0.5) is 5.69 Å². The molecule has 4 aromatic rings. The minimum atomic E-state index is -0.546. The minimum absolute atomic E-state index is 0.165. The Kier molecular flexibility index (Phi) is 7.69. The summed E-state index contributed by atoms with van der Waals surface area (Å²) in [6.45, 7) is 7.06. The van der Waals surface area contributed by atoms with Crippen molar-refractivity contribution in [3.05, 3.63) is 90.1 Å². The van der Waals surface area contributed by atoms with Crippen molar-refractivity contribution < 1.29 is 13.9 Å². The Labute approximate surface area is 203 Å². The van der Waals surface area contributed by atoms with Gasteiger partial charge in [-0.05, 0) is 36.8 Å². The van der Waals surface area contributed by atoms with E-state index in [1.165, 1.54) is 11.8 Å². The van der Waals surface area contributed by atoms with E-state index >= 15 is 0 Å². The number of anilines is 1. The average Bonchev–Trinajstić information content (AvgIpc) is 3.50. The normalized spacial score (nSPS) is 12.0. The number of nitrogens with one attached hydrogen (secondary N) is 1. The molecule has 7 nitrogen and oxygen atoms in total. The van der Waals surface area contributed by atoms with Crippen molar-refractivity contribution in [1.82, 2.24) is 14.8 Å². The van der Waals surface area contributed by atoms with Crippen LogP contribution in [-0.2, 0) is 11.3 Å². The van der Waals surface area contributed by atoms with Gasteiger partial charge in [-0.15, -0.1) is 10.2 Å². The van der Waals surface area contributed by atoms with Crippen molar-refractivity contribution in [1.29, 1.82) is 0 Å². The van der Waals surface area contributed by atoms with E-state index in [4.69, 9.17) is 9.15 Å². The summed E-state index contributed by atoms with van der Waals surface area (Å²) in [6.07, 6.45) is 1.65. The Balaban J connectivity index is 1.66. The number of hydrogen-bond acceptors (Lipinski definition) is 6. The number of nitrogens with zero attached hydrogens (tertiary/aromatic N) is 3. The lowest BCUT2D eigenvalue weighted by Crippen LogP contribution is -2.20. The molecule has 8 heteroatoms. The summed E-state index contributed by atoms with van der Waals surface area (Å²) in [5, 5.41) is 12.0. The van der Waals surface area contributed by atoms with E-state index in [-0.39, 0.29) is 11.8 Å². The van der Waals surface area contributed by atoms with E-state index in [1.807, 2.05) is 78.2 Å². The van der Waals surface area contributed by atoms with Crippen LogP contribution in [0.25, 0.3) is 0 Å². The highest BCUT2D eigenvalue weighted by atomic mass is 32.2. The number of hydrogen-bond donors (Lipinski definition) is 1. The number of rotatable bonds is 10. The van der Waals surface area contributed by atoms with Crippen molar-refractivity contribution in [3.8, 4) is 5.75 Å². The molecular formula is C26H28N4O3S. The number of carbonyl (C=O) groups excluding carboxylic acids is 1. The molecule has 2 aromatic carbocycles. The molecule has 0 saturated carbocycles. The Morgan fingerprint density at radius 3 is 2.53 bits per heavy atom. The fraction of sp³-hybridized carbons (Fsp3) is 0.269. The first-order valence-electron chi connectivity index (χ1n) is 11.3. The second-order valence-corrected chi connectivity index (χ2v) is 9.06. The maximum absolute atomic E-state index is 13.6. The highest BCUT2D eigenvalue weighted by Crippen LogP contribution is 2.37. The third kappa shape index (κ3) is 5.51. The van der Waals surface area contributed by atoms with Crippen LogP contribution in [0.5, 0.6) is 5.75 Å². The largest absolute Gasteiger partial charge is 0.492 e. The highest BCUT2D eigenvalue weighted by molar-refractivity contribution is 8.00. The molecule has 1 amide bonds. The van der Waals surface area contributed by atoms with E-state index in [2.05, 4.69) is 29.4 Å². The van der Waals surface area contributed by atoms with Gasteiger partial charge in [0.25, 0.3) is 0 Å². The van der Waals surface area contributed by atoms with Gasteiger partial charge in [-0.1, -0.05) is 68.1 Å². The zero-order chi connectivity index (χ0) is 23.9. The third-order valence-electron chi connectivity index (χ3n) is 5.16. The van der Waals surface area contributed by atoms with Gasteiger partial charge in [0.2, 0.25) is 5.91 Å². The van der Waals surface area contributed by atoms with E-state index in [1.54, 1.807) is 6.26 Å². The van der Waals surface area contributed by atoms with Crippen LogP contribution >= 0.6 is 11.8 Å². The maximum atomic E-state index is 13.6. The molecule has 0 aliphatic heterocycles. The lowest BCUT2D eigenvalue weighted by Gasteiger charge is -2.19. The molecule has 34 heavy (non-hydrogen) atoms. The molecular weight excluding hydrogens is 448 g/mol. The van der Waals surface area contributed by atoms with Gasteiger partial charge in [0, 0.05) is 5.92 Å². The van der Waals surface area contributed by atoms with Gasteiger partial charge in [0.15, 0.2) is 5.16 Å². The van der Waals surface area contributed by atoms with E-state index in [0.29, 0.717) is 29.7 Å². The topological polar surface area (TPSA) is 82.2 Å².